The molecule has 58 heavy (non-hydrogen) atoms. The monoisotopic (exact) mass is 743 g/mol. The summed E-state index contributed by atoms with van der Waals surface area (Å²) in [6.07, 6.45) is 0. The molecular weight excluding hydrogens is 711 g/mol. The first kappa shape index (κ1) is 32.4. The van der Waals surface area contributed by atoms with E-state index in [0.717, 1.165) is 77.6 Å². The number of benzene rings is 8. The fraction of sp³-hybridized carbons (Fsp3) is 0.0192. The maximum atomic E-state index is 6.56. The van der Waals surface area contributed by atoms with Crippen molar-refractivity contribution in [3.63, 3.8) is 0 Å². The van der Waals surface area contributed by atoms with E-state index >= 15 is 0 Å². The van der Waals surface area contributed by atoms with E-state index in [0.29, 0.717) is 17.5 Å². The van der Waals surface area contributed by atoms with E-state index in [1.54, 1.807) is 0 Å². The van der Waals surface area contributed by atoms with Crippen LogP contribution in [0, 0.1) is 6.92 Å². The number of rotatable bonds is 5. The van der Waals surface area contributed by atoms with Crippen LogP contribution in [0.4, 0.5) is 0 Å². The Kier molecular flexibility index (Phi) is 7.04. The highest BCUT2D eigenvalue weighted by Crippen LogP contribution is 2.42. The van der Waals surface area contributed by atoms with Crippen LogP contribution >= 0.6 is 0 Å². The lowest BCUT2D eigenvalue weighted by Gasteiger charge is -2.13. The fourth-order valence-electron chi connectivity index (χ4n) is 8.91. The van der Waals surface area contributed by atoms with Gasteiger partial charge < -0.3 is 13.6 Å². The lowest BCUT2D eigenvalue weighted by atomic mass is 10.00. The van der Waals surface area contributed by atoms with E-state index in [1.807, 2.05) is 49.4 Å². The van der Waals surface area contributed by atoms with Crippen molar-refractivity contribution in [2.24, 2.45) is 0 Å². The van der Waals surface area contributed by atoms with Crippen molar-refractivity contribution in [1.29, 1.82) is 0 Å². The molecule has 0 saturated heterocycles. The fourth-order valence-corrected chi connectivity index (χ4v) is 8.91. The highest BCUT2D eigenvalue weighted by Gasteiger charge is 2.21. The maximum absolute atomic E-state index is 6.56. The minimum absolute atomic E-state index is 0.657. The summed E-state index contributed by atoms with van der Waals surface area (Å²) in [4.78, 5) is 14.2. The number of hydrogen-bond donors (Lipinski definition) is 0. The number of hydrogen-bond acceptors (Lipinski definition) is 4. The molecule has 12 aromatic rings. The number of aromatic nitrogens is 5. The van der Waals surface area contributed by atoms with Crippen molar-refractivity contribution in [3.05, 3.63) is 188 Å². The van der Waals surface area contributed by atoms with Gasteiger partial charge in [-0.2, -0.15) is 0 Å². The van der Waals surface area contributed by atoms with Crippen LogP contribution in [-0.4, -0.2) is 24.1 Å². The molecule has 0 amide bonds. The summed E-state index contributed by atoms with van der Waals surface area (Å²) in [6.45, 7) is 1.92. The number of fused-ring (bicyclic) bond motifs is 9. The molecule has 0 unspecified atom stereocenters. The van der Waals surface area contributed by atoms with Gasteiger partial charge in [0.2, 0.25) is 0 Å². The first-order chi connectivity index (χ1) is 28.7. The molecule has 0 fully saturated rings. The van der Waals surface area contributed by atoms with Crippen LogP contribution in [0.5, 0.6) is 0 Å². The van der Waals surface area contributed by atoms with E-state index in [4.69, 9.17) is 14.4 Å². The molecule has 0 saturated carbocycles. The molecule has 0 spiro atoms. The zero-order chi connectivity index (χ0) is 38.3. The first-order valence-electron chi connectivity index (χ1n) is 19.5. The normalized spacial score (nSPS) is 11.9. The van der Waals surface area contributed by atoms with Gasteiger partial charge in [-0.3, -0.25) is 0 Å². The topological polar surface area (TPSA) is 61.7 Å². The van der Waals surface area contributed by atoms with Gasteiger partial charge in [-0.25, -0.2) is 15.0 Å². The van der Waals surface area contributed by atoms with Gasteiger partial charge in [0.15, 0.2) is 17.2 Å². The first-order valence-corrected chi connectivity index (χ1v) is 19.5. The van der Waals surface area contributed by atoms with Crippen LogP contribution in [0.2, 0.25) is 0 Å². The minimum Gasteiger partial charge on any atom is -0.454 e. The van der Waals surface area contributed by atoms with Gasteiger partial charge in [0.25, 0.3) is 0 Å². The smallest absolute Gasteiger partial charge is 0.163 e. The highest BCUT2D eigenvalue weighted by molar-refractivity contribution is 6.16. The van der Waals surface area contributed by atoms with Crippen molar-refractivity contribution >= 4 is 65.6 Å². The van der Waals surface area contributed by atoms with E-state index in [9.17, 15) is 0 Å². The van der Waals surface area contributed by atoms with Crippen LogP contribution in [0.25, 0.3) is 111 Å². The van der Waals surface area contributed by atoms with Crippen LogP contribution < -0.4 is 0 Å². The molecule has 272 valence electrons. The summed E-state index contributed by atoms with van der Waals surface area (Å²) >= 11 is 0. The molecule has 12 rings (SSSR count). The molecule has 0 bridgehead atoms. The standard InChI is InChI=1S/C52H33N5O/c1-32-53-51(33-13-3-2-4-14-33)55-52(54-32)34-25-28-36(29-26-34)56-44-21-8-5-15-38(44)41-19-11-18-37(49(41)56)35-27-30-46-43(31-35)39-16-6-9-22-45(39)57(46)47-23-12-20-42-40-17-7-10-24-48(40)58-50(42)47/h2-31H,1H3. The van der Waals surface area contributed by atoms with Crippen LogP contribution in [0.3, 0.4) is 0 Å². The lowest BCUT2D eigenvalue weighted by molar-refractivity contribution is 0.666. The zero-order valence-electron chi connectivity index (χ0n) is 31.5. The van der Waals surface area contributed by atoms with E-state index < -0.39 is 0 Å². The molecule has 0 radical (unpaired) electrons. The summed E-state index contributed by atoms with van der Waals surface area (Å²) in [5, 5.41) is 7.03. The van der Waals surface area contributed by atoms with Crippen molar-refractivity contribution in [2.75, 3.05) is 0 Å². The van der Waals surface area contributed by atoms with Gasteiger partial charge in [-0.1, -0.05) is 121 Å². The Bertz CT molecular complexity index is 3580. The second-order valence-corrected chi connectivity index (χ2v) is 14.8. The molecule has 8 aromatic carbocycles. The molecule has 0 aliphatic carbocycles. The summed E-state index contributed by atoms with van der Waals surface area (Å²) in [7, 11) is 0. The third kappa shape index (κ3) is 4.88. The molecule has 4 heterocycles. The molecule has 4 aromatic heterocycles. The van der Waals surface area contributed by atoms with Crippen molar-refractivity contribution in [2.45, 2.75) is 6.92 Å². The van der Waals surface area contributed by atoms with E-state index in [2.05, 4.69) is 154 Å². The molecule has 6 nitrogen and oxygen atoms in total. The number of nitrogens with zero attached hydrogens (tertiary/aromatic N) is 5. The van der Waals surface area contributed by atoms with Gasteiger partial charge in [-0.15, -0.1) is 0 Å². The maximum Gasteiger partial charge on any atom is 0.163 e. The van der Waals surface area contributed by atoms with Gasteiger partial charge in [0, 0.05) is 54.7 Å². The Hall–Kier alpha value is -7.83. The molecule has 0 atom stereocenters. The SMILES string of the molecule is Cc1nc(-c2ccccc2)nc(-c2ccc(-n3c4ccccc4c4cccc(-c5ccc6c(c5)c5ccccc5n6-c5cccc6c5oc5ccccc56)c43)cc2)n1. The zero-order valence-corrected chi connectivity index (χ0v) is 31.5. The summed E-state index contributed by atoms with van der Waals surface area (Å²) in [5.74, 6) is 2.02. The Balaban J connectivity index is 1.03. The predicted molar refractivity (Wildman–Crippen MR) is 237 cm³/mol. The molecule has 0 aliphatic heterocycles. The Morgan fingerprint density at radius 3 is 1.79 bits per heavy atom. The van der Waals surface area contributed by atoms with Gasteiger partial charge in [0.1, 0.15) is 11.4 Å². The van der Waals surface area contributed by atoms with Crippen molar-refractivity contribution in [3.8, 4) is 45.3 Å². The lowest BCUT2D eigenvalue weighted by Crippen LogP contribution is -2.00. The van der Waals surface area contributed by atoms with Gasteiger partial charge in [0.05, 0.1) is 27.8 Å². The molecular formula is C52H33N5O. The minimum atomic E-state index is 0.657. The summed E-state index contributed by atoms with van der Waals surface area (Å²) < 4.78 is 11.3. The van der Waals surface area contributed by atoms with Gasteiger partial charge >= 0.3 is 0 Å². The van der Waals surface area contributed by atoms with Crippen molar-refractivity contribution in [1.82, 2.24) is 24.1 Å². The van der Waals surface area contributed by atoms with E-state index in [-0.39, 0.29) is 0 Å². The van der Waals surface area contributed by atoms with Crippen LogP contribution in [0.1, 0.15) is 5.82 Å². The number of para-hydroxylation sites is 5. The predicted octanol–water partition coefficient (Wildman–Crippen LogP) is 13.3. The summed E-state index contributed by atoms with van der Waals surface area (Å²) in [6, 6.07) is 64.3. The average Bonchev–Trinajstić information content (AvgIpc) is 3.94. The molecule has 0 aliphatic rings. The average molecular weight is 744 g/mol. The second kappa shape index (κ2) is 12.6. The highest BCUT2D eigenvalue weighted by atomic mass is 16.3. The largest absolute Gasteiger partial charge is 0.454 e. The molecule has 6 heteroatoms. The second-order valence-electron chi connectivity index (χ2n) is 14.8. The number of aryl methyl sites for hydroxylation is 1. The van der Waals surface area contributed by atoms with Gasteiger partial charge in [-0.05, 0) is 73.2 Å². The van der Waals surface area contributed by atoms with E-state index in [1.165, 1.54) is 21.5 Å². The number of furan rings is 1. The quantitative estimate of drug-likeness (QED) is 0.176. The molecule has 0 N–H and O–H groups in total. The Labute approximate surface area is 332 Å². The third-order valence-electron chi connectivity index (χ3n) is 11.5. The Morgan fingerprint density at radius 1 is 0.414 bits per heavy atom. The van der Waals surface area contributed by atoms with Crippen LogP contribution in [-0.2, 0) is 0 Å². The van der Waals surface area contributed by atoms with Crippen molar-refractivity contribution < 1.29 is 4.42 Å². The van der Waals surface area contributed by atoms with Crippen LogP contribution in [0.15, 0.2) is 186 Å². The third-order valence-corrected chi connectivity index (χ3v) is 11.5. The Morgan fingerprint density at radius 2 is 1.00 bits per heavy atom. The summed E-state index contributed by atoms with van der Waals surface area (Å²) in [5.41, 5.74) is 12.7.